The lowest BCUT2D eigenvalue weighted by molar-refractivity contribution is -0.143. The van der Waals surface area contributed by atoms with E-state index >= 15 is 0 Å². The van der Waals surface area contributed by atoms with Crippen molar-refractivity contribution in [2.24, 2.45) is 0 Å². The molecule has 1 saturated heterocycles. The van der Waals surface area contributed by atoms with Crippen LogP contribution in [0, 0.1) is 5.82 Å². The van der Waals surface area contributed by atoms with Gasteiger partial charge in [0.25, 0.3) is 0 Å². The zero-order chi connectivity index (χ0) is 19.8. The fourth-order valence-corrected chi connectivity index (χ4v) is 4.94. The molecule has 2 atom stereocenters. The zero-order valence-corrected chi connectivity index (χ0v) is 16.4. The molecule has 1 amide bonds. The second kappa shape index (κ2) is 7.64. The highest BCUT2D eigenvalue weighted by molar-refractivity contribution is 5.91. The molecule has 4 nitrogen and oxygen atoms in total. The van der Waals surface area contributed by atoms with Crippen molar-refractivity contribution < 1.29 is 13.9 Å². The van der Waals surface area contributed by atoms with Crippen molar-refractivity contribution in [3.05, 3.63) is 59.9 Å². The third-order valence-electron chi connectivity index (χ3n) is 6.32. The topological polar surface area (TPSA) is 45.3 Å². The third-order valence-corrected chi connectivity index (χ3v) is 6.32. The number of nitrogens with zero attached hydrogens (tertiary/aromatic N) is 1. The van der Waals surface area contributed by atoms with Gasteiger partial charge in [0, 0.05) is 29.6 Å². The van der Waals surface area contributed by atoms with Crippen molar-refractivity contribution in [2.45, 2.75) is 44.2 Å². The van der Waals surface area contributed by atoms with Crippen LogP contribution >= 0.6 is 0 Å². The minimum absolute atomic E-state index is 0.176. The number of rotatable bonds is 4. The molecule has 0 spiro atoms. The van der Waals surface area contributed by atoms with Gasteiger partial charge in [0.05, 0.1) is 18.8 Å². The van der Waals surface area contributed by atoms with Crippen LogP contribution in [0.3, 0.4) is 0 Å². The predicted molar refractivity (Wildman–Crippen MR) is 111 cm³/mol. The van der Waals surface area contributed by atoms with Crippen molar-refractivity contribution in [1.82, 2.24) is 9.88 Å². The Kier molecular flexibility index (Phi) is 4.84. The molecule has 2 aliphatic rings. The standard InChI is InChI=1S/C24H25FN2O2/c25-17-9-11-20-19(15-17)18(24(26-20)16-5-2-1-3-6-16)10-12-23(28)27-13-14-29-22-8-4-7-21(22)27/h1-3,5-6,9,11,15,21-22,26H,4,7-8,10,12-14H2/t21-,22-/m1/s1. The number of aromatic nitrogens is 1. The number of nitrogens with one attached hydrogen (secondary N) is 1. The van der Waals surface area contributed by atoms with Crippen LogP contribution < -0.4 is 0 Å². The van der Waals surface area contributed by atoms with Crippen molar-refractivity contribution in [1.29, 1.82) is 0 Å². The first-order chi connectivity index (χ1) is 14.2. The summed E-state index contributed by atoms with van der Waals surface area (Å²) in [5.74, 6) is -0.0828. The maximum atomic E-state index is 14.0. The second-order valence-corrected chi connectivity index (χ2v) is 8.03. The number of benzene rings is 2. The van der Waals surface area contributed by atoms with Gasteiger partial charge in [-0.2, -0.15) is 0 Å². The number of H-pyrrole nitrogens is 1. The first-order valence-electron chi connectivity index (χ1n) is 10.5. The summed E-state index contributed by atoms with van der Waals surface area (Å²) in [6.45, 7) is 1.30. The summed E-state index contributed by atoms with van der Waals surface area (Å²) in [4.78, 5) is 18.5. The van der Waals surface area contributed by atoms with Gasteiger partial charge in [0.15, 0.2) is 0 Å². The van der Waals surface area contributed by atoms with Crippen LogP contribution in [0.4, 0.5) is 4.39 Å². The third kappa shape index (κ3) is 3.44. The number of fused-ring (bicyclic) bond motifs is 2. The molecular weight excluding hydrogens is 367 g/mol. The van der Waals surface area contributed by atoms with Crippen LogP contribution in [0.15, 0.2) is 48.5 Å². The van der Waals surface area contributed by atoms with Crippen molar-refractivity contribution in [2.75, 3.05) is 13.2 Å². The molecule has 2 fully saturated rings. The number of ether oxygens (including phenoxy) is 1. The lowest BCUT2D eigenvalue weighted by Crippen LogP contribution is -2.51. The van der Waals surface area contributed by atoms with Crippen LogP contribution in [0.1, 0.15) is 31.2 Å². The van der Waals surface area contributed by atoms with E-state index in [1.54, 1.807) is 12.1 Å². The fraction of sp³-hybridized carbons (Fsp3) is 0.375. The van der Waals surface area contributed by atoms with Crippen molar-refractivity contribution in [3.63, 3.8) is 0 Å². The second-order valence-electron chi connectivity index (χ2n) is 8.03. The number of halogens is 1. The number of hydrogen-bond acceptors (Lipinski definition) is 2. The van der Waals surface area contributed by atoms with Crippen LogP contribution in [-0.2, 0) is 16.0 Å². The van der Waals surface area contributed by atoms with Gasteiger partial charge in [0.1, 0.15) is 5.82 Å². The molecule has 5 heteroatoms. The average molecular weight is 392 g/mol. The molecule has 1 aromatic heterocycles. The van der Waals surface area contributed by atoms with Gasteiger partial charge in [0.2, 0.25) is 5.91 Å². The van der Waals surface area contributed by atoms with Gasteiger partial charge in [-0.25, -0.2) is 4.39 Å². The van der Waals surface area contributed by atoms with Crippen molar-refractivity contribution >= 4 is 16.8 Å². The number of morpholine rings is 1. The van der Waals surface area contributed by atoms with E-state index in [1.807, 2.05) is 35.2 Å². The Hall–Kier alpha value is -2.66. The molecule has 1 saturated carbocycles. The van der Waals surface area contributed by atoms with Crippen LogP contribution in [0.25, 0.3) is 22.2 Å². The van der Waals surface area contributed by atoms with Crippen LogP contribution in [-0.4, -0.2) is 41.1 Å². The lowest BCUT2D eigenvalue weighted by atomic mass is 10.00. The summed E-state index contributed by atoms with van der Waals surface area (Å²) in [5, 5.41) is 0.859. The number of aromatic amines is 1. The highest BCUT2D eigenvalue weighted by Gasteiger charge is 2.38. The Balaban J connectivity index is 1.43. The van der Waals surface area contributed by atoms with E-state index < -0.39 is 0 Å². The normalized spacial score (nSPS) is 21.5. The summed E-state index contributed by atoms with van der Waals surface area (Å²) in [6, 6.07) is 15.1. The monoisotopic (exact) mass is 392 g/mol. The SMILES string of the molecule is O=C(CCc1c(-c2ccccc2)[nH]c2ccc(F)cc12)N1CCO[C@@H]2CCC[C@H]21. The number of amides is 1. The van der Waals surface area contributed by atoms with Gasteiger partial charge in [-0.15, -0.1) is 0 Å². The van der Waals surface area contributed by atoms with Crippen LogP contribution in [0.5, 0.6) is 0 Å². The number of carbonyl (C=O) groups is 1. The largest absolute Gasteiger partial charge is 0.374 e. The van der Waals surface area contributed by atoms with Gasteiger partial charge >= 0.3 is 0 Å². The van der Waals surface area contributed by atoms with E-state index in [0.717, 1.165) is 47.0 Å². The molecule has 5 rings (SSSR count). The minimum Gasteiger partial charge on any atom is -0.374 e. The molecule has 0 radical (unpaired) electrons. The van der Waals surface area contributed by atoms with E-state index in [9.17, 15) is 9.18 Å². The first-order valence-corrected chi connectivity index (χ1v) is 10.5. The lowest BCUT2D eigenvalue weighted by Gasteiger charge is -2.37. The van der Waals surface area contributed by atoms with E-state index in [2.05, 4.69) is 4.98 Å². The van der Waals surface area contributed by atoms with E-state index in [4.69, 9.17) is 4.74 Å². The number of aryl methyl sites for hydroxylation is 1. The summed E-state index contributed by atoms with van der Waals surface area (Å²) in [7, 11) is 0. The highest BCUT2D eigenvalue weighted by atomic mass is 19.1. The average Bonchev–Trinajstić information content (AvgIpc) is 3.37. The van der Waals surface area contributed by atoms with Gasteiger partial charge < -0.3 is 14.6 Å². The number of carbonyl (C=O) groups excluding carboxylic acids is 1. The first kappa shape index (κ1) is 18.4. The van der Waals surface area contributed by atoms with Crippen LogP contribution in [0.2, 0.25) is 0 Å². The van der Waals surface area contributed by atoms with E-state index in [1.165, 1.54) is 6.07 Å². The van der Waals surface area contributed by atoms with Gasteiger partial charge in [-0.1, -0.05) is 30.3 Å². The molecule has 29 heavy (non-hydrogen) atoms. The Morgan fingerprint density at radius 2 is 2.03 bits per heavy atom. The Bertz CT molecular complexity index is 1030. The quantitative estimate of drug-likeness (QED) is 0.700. The summed E-state index contributed by atoms with van der Waals surface area (Å²) < 4.78 is 19.8. The van der Waals surface area contributed by atoms with E-state index in [-0.39, 0.29) is 23.9 Å². The summed E-state index contributed by atoms with van der Waals surface area (Å²) >= 11 is 0. The van der Waals surface area contributed by atoms with Crippen molar-refractivity contribution in [3.8, 4) is 11.3 Å². The maximum absolute atomic E-state index is 14.0. The smallest absolute Gasteiger partial charge is 0.223 e. The highest BCUT2D eigenvalue weighted by Crippen LogP contribution is 2.33. The minimum atomic E-state index is -0.259. The Labute approximate surface area is 169 Å². The molecule has 1 aliphatic carbocycles. The molecular formula is C24H25FN2O2. The Morgan fingerprint density at radius 1 is 1.17 bits per heavy atom. The predicted octanol–water partition coefficient (Wildman–Crippen LogP) is 4.69. The van der Waals surface area contributed by atoms with Gasteiger partial charge in [-0.05, 0) is 55.0 Å². The molecule has 150 valence electrons. The fourth-order valence-electron chi connectivity index (χ4n) is 4.94. The summed E-state index contributed by atoms with van der Waals surface area (Å²) in [5.41, 5.74) is 3.93. The zero-order valence-electron chi connectivity index (χ0n) is 16.4. The molecule has 1 aliphatic heterocycles. The number of hydrogen-bond donors (Lipinski definition) is 1. The van der Waals surface area contributed by atoms with Gasteiger partial charge in [-0.3, -0.25) is 4.79 Å². The molecule has 3 aromatic rings. The summed E-state index contributed by atoms with van der Waals surface area (Å²) in [6.07, 6.45) is 4.42. The molecule has 2 heterocycles. The molecule has 0 bridgehead atoms. The molecule has 0 unspecified atom stereocenters. The molecule has 1 N–H and O–H groups in total. The van der Waals surface area contributed by atoms with E-state index in [0.29, 0.717) is 26.0 Å². The maximum Gasteiger partial charge on any atom is 0.223 e. The Morgan fingerprint density at radius 3 is 2.90 bits per heavy atom. The molecule has 2 aromatic carbocycles.